The van der Waals surface area contributed by atoms with Gasteiger partial charge in [0.25, 0.3) is 5.91 Å². The van der Waals surface area contributed by atoms with Gasteiger partial charge in [0.15, 0.2) is 6.10 Å². The number of ether oxygens (including phenoxy) is 1. The molecule has 156 valence electrons. The van der Waals surface area contributed by atoms with Gasteiger partial charge in [0, 0.05) is 31.1 Å². The second-order valence-corrected chi connectivity index (χ2v) is 7.88. The van der Waals surface area contributed by atoms with Crippen molar-refractivity contribution in [2.24, 2.45) is 0 Å². The number of benzene rings is 1. The molecule has 1 aromatic heterocycles. The monoisotopic (exact) mass is 418 g/mol. The topological polar surface area (TPSA) is 93.5 Å². The summed E-state index contributed by atoms with van der Waals surface area (Å²) in [5.41, 5.74) is 0.316. The molecule has 2 aromatic rings. The average Bonchev–Trinajstić information content (AvgIpc) is 3.14. The van der Waals surface area contributed by atoms with Gasteiger partial charge in [-0.15, -0.1) is 11.8 Å². The Morgan fingerprint density at radius 2 is 1.86 bits per heavy atom. The SMILES string of the molecule is CC(OC(=O)c1ccccc1SCC(=O)N(C)C)C(=O)Nc1ccnn1C(C)C. The molecule has 2 amide bonds. The first-order valence-electron chi connectivity index (χ1n) is 9.18. The van der Waals surface area contributed by atoms with E-state index in [1.54, 1.807) is 55.3 Å². The van der Waals surface area contributed by atoms with Crippen LogP contribution in [0.5, 0.6) is 0 Å². The second kappa shape index (κ2) is 10.1. The lowest BCUT2D eigenvalue weighted by Crippen LogP contribution is -2.31. The van der Waals surface area contributed by atoms with Crippen molar-refractivity contribution in [1.29, 1.82) is 0 Å². The Kier molecular flexibility index (Phi) is 7.83. The van der Waals surface area contributed by atoms with E-state index in [0.717, 1.165) is 0 Å². The third-order valence-corrected chi connectivity index (χ3v) is 5.08. The molecule has 2 rings (SSSR count). The summed E-state index contributed by atoms with van der Waals surface area (Å²) in [6, 6.07) is 8.61. The molecule has 0 spiro atoms. The van der Waals surface area contributed by atoms with Crippen LogP contribution in [0, 0.1) is 0 Å². The van der Waals surface area contributed by atoms with E-state index in [2.05, 4.69) is 10.4 Å². The number of amides is 2. The third-order valence-electron chi connectivity index (χ3n) is 4.02. The highest BCUT2D eigenvalue weighted by Crippen LogP contribution is 2.24. The van der Waals surface area contributed by atoms with Crippen LogP contribution < -0.4 is 5.32 Å². The van der Waals surface area contributed by atoms with E-state index in [1.165, 1.54) is 23.6 Å². The zero-order chi connectivity index (χ0) is 21.6. The Morgan fingerprint density at radius 3 is 2.52 bits per heavy atom. The molecule has 1 unspecified atom stereocenters. The number of carbonyl (C=O) groups is 3. The van der Waals surface area contributed by atoms with Gasteiger partial charge >= 0.3 is 5.97 Å². The minimum Gasteiger partial charge on any atom is -0.449 e. The average molecular weight is 419 g/mol. The van der Waals surface area contributed by atoms with Crippen LogP contribution in [0.3, 0.4) is 0 Å². The first-order valence-corrected chi connectivity index (χ1v) is 10.2. The number of thioether (sulfide) groups is 1. The summed E-state index contributed by atoms with van der Waals surface area (Å²) >= 11 is 1.25. The van der Waals surface area contributed by atoms with Crippen molar-refractivity contribution >= 4 is 35.4 Å². The summed E-state index contributed by atoms with van der Waals surface area (Å²) in [7, 11) is 3.35. The fraction of sp³-hybridized carbons (Fsp3) is 0.400. The van der Waals surface area contributed by atoms with E-state index in [1.807, 2.05) is 13.8 Å². The molecule has 0 bridgehead atoms. The van der Waals surface area contributed by atoms with E-state index in [9.17, 15) is 14.4 Å². The molecule has 0 saturated heterocycles. The van der Waals surface area contributed by atoms with Crippen LogP contribution in [0.1, 0.15) is 37.2 Å². The van der Waals surface area contributed by atoms with Crippen molar-refractivity contribution in [1.82, 2.24) is 14.7 Å². The molecule has 1 heterocycles. The Morgan fingerprint density at radius 1 is 1.17 bits per heavy atom. The molecule has 0 aliphatic carbocycles. The fourth-order valence-electron chi connectivity index (χ4n) is 2.36. The molecule has 0 radical (unpaired) electrons. The number of aromatic nitrogens is 2. The van der Waals surface area contributed by atoms with Crippen molar-refractivity contribution in [2.45, 2.75) is 37.8 Å². The number of nitrogens with zero attached hydrogens (tertiary/aromatic N) is 3. The Labute approximate surface area is 174 Å². The maximum absolute atomic E-state index is 12.6. The molecule has 1 atom stereocenters. The van der Waals surface area contributed by atoms with Crippen molar-refractivity contribution in [3.05, 3.63) is 42.1 Å². The molecule has 1 N–H and O–H groups in total. The Hall–Kier alpha value is -2.81. The minimum atomic E-state index is -1.00. The van der Waals surface area contributed by atoms with Crippen LogP contribution in [0.4, 0.5) is 5.82 Å². The molecule has 29 heavy (non-hydrogen) atoms. The van der Waals surface area contributed by atoms with E-state index >= 15 is 0 Å². The van der Waals surface area contributed by atoms with Crippen LogP contribution >= 0.6 is 11.8 Å². The van der Waals surface area contributed by atoms with Gasteiger partial charge in [-0.1, -0.05) is 12.1 Å². The highest BCUT2D eigenvalue weighted by atomic mass is 32.2. The maximum Gasteiger partial charge on any atom is 0.340 e. The van der Waals surface area contributed by atoms with E-state index in [4.69, 9.17) is 4.74 Å². The lowest BCUT2D eigenvalue weighted by molar-refractivity contribution is -0.126. The predicted molar refractivity (Wildman–Crippen MR) is 112 cm³/mol. The normalized spacial score (nSPS) is 11.8. The Bertz CT molecular complexity index is 879. The van der Waals surface area contributed by atoms with Gasteiger partial charge < -0.3 is 15.0 Å². The van der Waals surface area contributed by atoms with Crippen LogP contribution in [-0.4, -0.2) is 58.4 Å². The fourth-order valence-corrected chi connectivity index (χ4v) is 3.38. The largest absolute Gasteiger partial charge is 0.449 e. The number of hydrogen-bond donors (Lipinski definition) is 1. The summed E-state index contributed by atoms with van der Waals surface area (Å²) in [5.74, 6) is -0.398. The maximum atomic E-state index is 12.6. The Balaban J connectivity index is 2.03. The van der Waals surface area contributed by atoms with Crippen LogP contribution in [0.15, 0.2) is 41.4 Å². The van der Waals surface area contributed by atoms with E-state index in [-0.39, 0.29) is 17.7 Å². The molecule has 0 fully saturated rings. The van der Waals surface area contributed by atoms with Crippen molar-refractivity contribution in [3.63, 3.8) is 0 Å². The number of anilines is 1. The molecule has 0 saturated carbocycles. The van der Waals surface area contributed by atoms with Gasteiger partial charge in [-0.25, -0.2) is 9.48 Å². The first-order chi connectivity index (χ1) is 13.7. The van der Waals surface area contributed by atoms with Gasteiger partial charge in [-0.2, -0.15) is 5.10 Å². The standard InChI is InChI=1S/C20H26N4O4S/c1-13(2)24-17(10-11-21-24)22-19(26)14(3)28-20(27)15-8-6-7-9-16(15)29-12-18(25)23(4)5/h6-11,13-14H,12H2,1-5H3,(H,22,26). The highest BCUT2D eigenvalue weighted by molar-refractivity contribution is 8.00. The number of carbonyl (C=O) groups excluding carboxylic acids is 3. The number of rotatable bonds is 8. The van der Waals surface area contributed by atoms with Gasteiger partial charge in [0.2, 0.25) is 5.91 Å². The van der Waals surface area contributed by atoms with Crippen LogP contribution in [0.2, 0.25) is 0 Å². The third kappa shape index (κ3) is 6.08. The zero-order valence-electron chi connectivity index (χ0n) is 17.2. The van der Waals surface area contributed by atoms with Crippen LogP contribution in [0.25, 0.3) is 0 Å². The molecular formula is C20H26N4O4S. The van der Waals surface area contributed by atoms with Gasteiger partial charge in [0.1, 0.15) is 5.82 Å². The van der Waals surface area contributed by atoms with Crippen LogP contribution in [-0.2, 0) is 14.3 Å². The summed E-state index contributed by atoms with van der Waals surface area (Å²) in [4.78, 5) is 39.0. The van der Waals surface area contributed by atoms with Gasteiger partial charge in [-0.3, -0.25) is 9.59 Å². The number of nitrogens with one attached hydrogen (secondary N) is 1. The van der Waals surface area contributed by atoms with Gasteiger partial charge in [-0.05, 0) is 32.9 Å². The summed E-state index contributed by atoms with van der Waals surface area (Å²) < 4.78 is 7.02. The lowest BCUT2D eigenvalue weighted by Gasteiger charge is -2.16. The van der Waals surface area contributed by atoms with Gasteiger partial charge in [0.05, 0.1) is 17.5 Å². The summed E-state index contributed by atoms with van der Waals surface area (Å²) in [5, 5.41) is 6.88. The number of esters is 1. The van der Waals surface area contributed by atoms with Crippen molar-refractivity contribution < 1.29 is 19.1 Å². The van der Waals surface area contributed by atoms with Crippen molar-refractivity contribution in [3.8, 4) is 0 Å². The van der Waals surface area contributed by atoms with E-state index < -0.39 is 18.0 Å². The minimum absolute atomic E-state index is 0.0623. The van der Waals surface area contributed by atoms with E-state index in [0.29, 0.717) is 16.3 Å². The molecule has 9 heteroatoms. The molecule has 8 nitrogen and oxygen atoms in total. The zero-order valence-corrected chi connectivity index (χ0v) is 18.0. The highest BCUT2D eigenvalue weighted by Gasteiger charge is 2.22. The van der Waals surface area contributed by atoms with Crippen molar-refractivity contribution in [2.75, 3.05) is 25.2 Å². The smallest absolute Gasteiger partial charge is 0.340 e. The summed E-state index contributed by atoms with van der Waals surface area (Å²) in [6.07, 6.45) is 0.592. The lowest BCUT2D eigenvalue weighted by atomic mass is 10.2. The molecule has 1 aromatic carbocycles. The molecular weight excluding hydrogens is 392 g/mol. The summed E-state index contributed by atoms with van der Waals surface area (Å²) in [6.45, 7) is 5.40. The quantitative estimate of drug-likeness (QED) is 0.523. The number of hydrogen-bond acceptors (Lipinski definition) is 6. The molecule has 0 aliphatic rings. The second-order valence-electron chi connectivity index (χ2n) is 6.86. The first kappa shape index (κ1) is 22.5. The molecule has 0 aliphatic heterocycles. The predicted octanol–water partition coefficient (Wildman–Crippen LogP) is 2.83.